The molecule has 8 aromatic heterocycles. The second-order valence-electron chi connectivity index (χ2n) is 26.6. The number of hydrogen-bond acceptors (Lipinski definition) is 14. The molecular weight excluding hydrogens is 1500 g/mol. The molecule has 0 unspecified atom stereocenters. The van der Waals surface area contributed by atoms with Crippen molar-refractivity contribution >= 4 is 113 Å². The van der Waals surface area contributed by atoms with E-state index >= 15 is 0 Å². The molecule has 0 aromatic carbocycles. The maximum atomic E-state index is 11.4. The molecule has 0 spiro atoms. The van der Waals surface area contributed by atoms with Crippen LogP contribution in [0, 0.1) is 27.7 Å². The van der Waals surface area contributed by atoms with Crippen molar-refractivity contribution in [2.24, 2.45) is 0 Å². The molecule has 0 radical (unpaired) electrons. The number of carboxylic acid groups (broad SMARTS) is 4. The van der Waals surface area contributed by atoms with Crippen LogP contribution < -0.4 is 20.4 Å². The number of hydrogen-bond donors (Lipinski definition) is 4. The van der Waals surface area contributed by atoms with Crippen LogP contribution in [0.5, 0.6) is 0 Å². The molecule has 0 aliphatic carbocycles. The van der Waals surface area contributed by atoms with Gasteiger partial charge in [-0.3, -0.25) is 9.97 Å². The second kappa shape index (κ2) is 40.4. The van der Waals surface area contributed by atoms with E-state index in [1.165, 1.54) is 44.5 Å². The first-order valence-corrected chi connectivity index (χ1v) is 36.0. The number of carboxylic acids is 4. The summed E-state index contributed by atoms with van der Waals surface area (Å²) in [5.41, 5.74) is 46.3. The van der Waals surface area contributed by atoms with Gasteiger partial charge in [0.2, 0.25) is 0 Å². The van der Waals surface area contributed by atoms with Crippen molar-refractivity contribution in [3.63, 3.8) is 0 Å². The fraction of sp³-hybridized carbons (Fsp3) is 0.357. The molecule has 16 bridgehead atoms. The summed E-state index contributed by atoms with van der Waals surface area (Å²) in [5, 5.41) is 45.7. The molecule has 20 nitrogen and oxygen atoms in total. The number of rotatable bonds is 22. The molecule has 6 N–H and O–H groups in total. The fourth-order valence-corrected chi connectivity index (χ4v) is 14.1. The number of nitrogens with one attached hydrogen (secondary N) is 6. The van der Waals surface area contributed by atoms with Crippen LogP contribution in [0.25, 0.3) is 100 Å². The van der Waals surface area contributed by atoms with Gasteiger partial charge in [-0.2, -0.15) is 13.1 Å². The first-order chi connectivity index (χ1) is 49.9. The molecule has 4 aliphatic heterocycles. The number of carbonyl (C=O) groups is 4. The Bertz CT molecular complexity index is 4750. The third-order valence-corrected chi connectivity index (χ3v) is 20.1. The topological polar surface area (TPSA) is 349 Å². The van der Waals surface area contributed by atoms with Gasteiger partial charge in [0.15, 0.2) is 0 Å². The van der Waals surface area contributed by atoms with E-state index in [-0.39, 0.29) is 110 Å². The Morgan fingerprint density at radius 1 is 0.327 bits per heavy atom. The summed E-state index contributed by atoms with van der Waals surface area (Å²) in [6, 6.07) is 24.2. The molecule has 0 amide bonds. The predicted molar refractivity (Wildman–Crippen MR) is 409 cm³/mol. The van der Waals surface area contributed by atoms with Gasteiger partial charge in [-0.05, 0) is 318 Å². The minimum absolute atomic E-state index is 0. The Kier molecular flexibility index (Phi) is 32.9. The van der Waals surface area contributed by atoms with Crippen LogP contribution in [-0.4, -0.2) is 86.8 Å². The van der Waals surface area contributed by atoms with Crippen molar-refractivity contribution in [1.29, 1.82) is 0 Å². The number of H-pyrrole nitrogens is 4. The van der Waals surface area contributed by atoms with Crippen molar-refractivity contribution in [3.05, 3.63) is 210 Å². The normalized spacial score (nSPS) is 12.2. The van der Waals surface area contributed by atoms with Crippen LogP contribution >= 0.6 is 0 Å². The maximum Gasteiger partial charge on any atom is 2.00 e. The zero-order valence-electron chi connectivity index (χ0n) is 64.0. The summed E-state index contributed by atoms with van der Waals surface area (Å²) < 4.78 is 0. The van der Waals surface area contributed by atoms with Gasteiger partial charge in [0, 0.05) is 92.8 Å². The molecule has 544 valence electrons. The van der Waals surface area contributed by atoms with Crippen molar-refractivity contribution in [1.82, 2.24) is 49.8 Å². The summed E-state index contributed by atoms with van der Waals surface area (Å²) in [6.45, 7) is 25.9. The number of aromatic amines is 4. The number of fused-ring (bicyclic) bond motifs is 16. The van der Waals surface area contributed by atoms with E-state index in [0.717, 1.165) is 174 Å². The van der Waals surface area contributed by atoms with Crippen LogP contribution in [0.4, 0.5) is 0 Å². The molecule has 0 saturated heterocycles. The SMILES string of the molecule is CCc1c(C)c2cc3[nH]c(cc4nc(cc5nc(cc1[nH]2)C(C)=C5CCC(=O)[O-])C(CCC(=O)[O-])=C4C)c(C)c3CC.CCc1c(C)c2cc3[nH]c(cc4nc(cc5nc(cc1[nH]2)C(C)=C5CCC(=O)[O-])C(CCC(=O)[O-])=C4C)c(C)c3CC.[NH-]CCCc1ccncc1.[NH-]CCCc1ccncc1.[Zn+2].[Zn+2].[Zn+2]. The molecular formula is C84H94N12O8Zn3. The zero-order valence-corrected chi connectivity index (χ0v) is 72.9. The largest absolute Gasteiger partial charge is 2.00 e. The minimum Gasteiger partial charge on any atom is -0.677 e. The molecule has 8 aromatic rings. The third-order valence-electron chi connectivity index (χ3n) is 20.1. The predicted octanol–water partition coefficient (Wildman–Crippen LogP) is 14.1. The van der Waals surface area contributed by atoms with Crippen LogP contribution in [0.1, 0.15) is 221 Å². The maximum absolute atomic E-state index is 11.4. The molecule has 23 heteroatoms. The van der Waals surface area contributed by atoms with Crippen molar-refractivity contribution < 1.29 is 98.0 Å². The zero-order chi connectivity index (χ0) is 75.1. The quantitative estimate of drug-likeness (QED) is 0.0458. The molecule has 0 atom stereocenters. The first-order valence-electron chi connectivity index (χ1n) is 36.0. The van der Waals surface area contributed by atoms with Gasteiger partial charge in [-0.15, -0.1) is 0 Å². The number of aryl methyl sites for hydroxylation is 10. The van der Waals surface area contributed by atoms with Crippen LogP contribution in [-0.2, 0) is 116 Å². The summed E-state index contributed by atoms with van der Waals surface area (Å²) in [4.78, 5) is 87.8. The Hall–Kier alpha value is -8.83. The minimum atomic E-state index is -1.13. The summed E-state index contributed by atoms with van der Waals surface area (Å²) >= 11 is 0. The Labute approximate surface area is 664 Å². The average molecular weight is 1600 g/mol. The van der Waals surface area contributed by atoms with Crippen molar-refractivity contribution in [2.75, 3.05) is 13.1 Å². The Morgan fingerprint density at radius 3 is 0.776 bits per heavy atom. The van der Waals surface area contributed by atoms with Gasteiger partial charge < -0.3 is 71.0 Å². The summed E-state index contributed by atoms with van der Waals surface area (Å²) in [7, 11) is 0. The fourth-order valence-electron chi connectivity index (χ4n) is 14.1. The standard InChI is InChI=1S/2C34H38N4O4.2C8H11N2.3Zn/c2*1-7-21-17(3)25-13-26-19(5)23(9-11-33(39)40)31(37-26)16-32-24(10-12-34(41)42)20(6)28(38-32)15-30-22(8-2)18(4)27(36-30)14-29(21)35-25;2*9-5-1-2-8-3-6-10-7-4-8;;;/h2*13-16,35-36H,7-12H2,1-6H3,(H,39,40)(H,41,42);2*3-4,6-7,9H,1-2,5H2;;;/q;;2*-1;3*+2/p-4. The van der Waals surface area contributed by atoms with Gasteiger partial charge in [-0.1, -0.05) is 40.5 Å². The van der Waals surface area contributed by atoms with Crippen LogP contribution in [0.2, 0.25) is 0 Å². The number of aliphatic carboxylic acids is 4. The van der Waals surface area contributed by atoms with E-state index in [2.05, 4.69) is 97.4 Å². The van der Waals surface area contributed by atoms with E-state index in [1.807, 2.05) is 88.4 Å². The Morgan fingerprint density at radius 2 is 0.551 bits per heavy atom. The second-order valence-corrected chi connectivity index (χ2v) is 26.6. The molecule has 0 fully saturated rings. The number of pyridine rings is 2. The molecule has 12 heterocycles. The number of allylic oxidation sites excluding steroid dienone is 8. The first kappa shape index (κ1) is 87.1. The van der Waals surface area contributed by atoms with Gasteiger partial charge in [0.1, 0.15) is 0 Å². The third kappa shape index (κ3) is 21.3. The van der Waals surface area contributed by atoms with Crippen LogP contribution in [0.3, 0.4) is 0 Å². The molecule has 0 saturated carbocycles. The molecule has 4 aliphatic rings. The number of nitrogens with zero attached hydrogens (tertiary/aromatic N) is 6. The van der Waals surface area contributed by atoms with E-state index in [9.17, 15) is 39.6 Å². The van der Waals surface area contributed by atoms with Gasteiger partial charge >= 0.3 is 58.4 Å². The van der Waals surface area contributed by atoms with E-state index in [4.69, 9.17) is 31.4 Å². The van der Waals surface area contributed by atoms with E-state index in [1.54, 1.807) is 24.8 Å². The molecule has 107 heavy (non-hydrogen) atoms. The van der Waals surface area contributed by atoms with E-state index in [0.29, 0.717) is 35.9 Å². The number of carbonyl (C=O) groups excluding carboxylic acids is 4. The monoisotopic (exact) mass is 1590 g/mol. The van der Waals surface area contributed by atoms with Gasteiger partial charge in [-0.25, -0.2) is 19.9 Å². The summed E-state index contributed by atoms with van der Waals surface area (Å²) in [5.74, 6) is -4.50. The van der Waals surface area contributed by atoms with E-state index < -0.39 is 23.9 Å². The smallest absolute Gasteiger partial charge is 0.677 e. The van der Waals surface area contributed by atoms with Crippen molar-refractivity contribution in [3.8, 4) is 0 Å². The van der Waals surface area contributed by atoms with Crippen LogP contribution in [0.15, 0.2) is 97.6 Å². The van der Waals surface area contributed by atoms with Gasteiger partial charge in [0.25, 0.3) is 0 Å². The van der Waals surface area contributed by atoms with Crippen molar-refractivity contribution in [2.45, 2.75) is 186 Å². The molecule has 12 rings (SSSR count). The van der Waals surface area contributed by atoms with Gasteiger partial charge in [0.05, 0.1) is 45.6 Å². The summed E-state index contributed by atoms with van der Waals surface area (Å²) in [6.07, 6.45) is 15.0. The average Bonchev–Trinajstić information content (AvgIpc) is 1.63. The Balaban J connectivity index is 0.000000259. The number of aromatic nitrogens is 10.